The van der Waals surface area contributed by atoms with Crippen LogP contribution in [0.2, 0.25) is 0 Å². The fourth-order valence-electron chi connectivity index (χ4n) is 1.76. The molecule has 0 aromatic heterocycles. The Bertz CT molecular complexity index is 209. The van der Waals surface area contributed by atoms with Crippen molar-refractivity contribution in [3.05, 3.63) is 0 Å². The van der Waals surface area contributed by atoms with Crippen LogP contribution in [0.15, 0.2) is 0 Å². The maximum absolute atomic E-state index is 11.6. The number of unbranched alkanes of at least 4 members (excludes halogenated alkanes) is 4. The largest absolute Gasteiger partial charge is 0.465 e. The van der Waals surface area contributed by atoms with Crippen LogP contribution in [-0.4, -0.2) is 12.6 Å². The molecular formula is C16H32O2. The first kappa shape index (κ1) is 17.5. The maximum atomic E-state index is 11.6. The highest BCUT2D eigenvalue weighted by molar-refractivity contribution is 5.72. The normalized spacial score (nSPS) is 13.1. The van der Waals surface area contributed by atoms with Gasteiger partial charge >= 0.3 is 5.97 Å². The van der Waals surface area contributed by atoms with Crippen LogP contribution in [0.25, 0.3) is 0 Å². The molecule has 0 radical (unpaired) electrons. The van der Waals surface area contributed by atoms with Crippen molar-refractivity contribution in [2.45, 2.75) is 73.1 Å². The molecule has 18 heavy (non-hydrogen) atoms. The van der Waals surface area contributed by atoms with Crippen LogP contribution >= 0.6 is 0 Å². The Hall–Kier alpha value is -0.530. The van der Waals surface area contributed by atoms with Gasteiger partial charge in [0.25, 0.3) is 0 Å². The monoisotopic (exact) mass is 256 g/mol. The van der Waals surface area contributed by atoms with Gasteiger partial charge in [-0.05, 0) is 18.3 Å². The minimum atomic E-state index is -0.0372. The van der Waals surface area contributed by atoms with E-state index >= 15 is 0 Å². The van der Waals surface area contributed by atoms with E-state index in [0.29, 0.717) is 12.5 Å². The summed E-state index contributed by atoms with van der Waals surface area (Å²) in [6, 6.07) is 0. The van der Waals surface area contributed by atoms with Crippen LogP contribution in [0.5, 0.6) is 0 Å². The Labute approximate surface area is 113 Å². The van der Waals surface area contributed by atoms with Crippen molar-refractivity contribution in [2.75, 3.05) is 6.61 Å². The molecule has 2 heteroatoms. The third kappa shape index (κ3) is 9.49. The lowest BCUT2D eigenvalue weighted by Crippen LogP contribution is -2.20. The standard InChI is InChI=1S/C16H32O2/c1-13(2)11-9-7-6-8-10-12-18-16(17)15(5)14(3)4/h13-15H,6-12H2,1-5H3. The summed E-state index contributed by atoms with van der Waals surface area (Å²) in [5, 5.41) is 0. The second-order valence-corrected chi connectivity index (χ2v) is 6.15. The lowest BCUT2D eigenvalue weighted by atomic mass is 9.99. The van der Waals surface area contributed by atoms with Crippen LogP contribution in [-0.2, 0) is 9.53 Å². The summed E-state index contributed by atoms with van der Waals surface area (Å²) in [5.41, 5.74) is 0. The topological polar surface area (TPSA) is 26.3 Å². The van der Waals surface area contributed by atoms with E-state index in [1.165, 1.54) is 32.1 Å². The second-order valence-electron chi connectivity index (χ2n) is 6.15. The highest BCUT2D eigenvalue weighted by Crippen LogP contribution is 2.13. The average Bonchev–Trinajstić information content (AvgIpc) is 2.30. The van der Waals surface area contributed by atoms with Crippen LogP contribution < -0.4 is 0 Å². The first-order chi connectivity index (χ1) is 8.45. The van der Waals surface area contributed by atoms with Gasteiger partial charge in [0.2, 0.25) is 0 Å². The summed E-state index contributed by atoms with van der Waals surface area (Å²) in [6.45, 7) is 11.2. The number of esters is 1. The molecule has 0 aliphatic heterocycles. The van der Waals surface area contributed by atoms with Crippen molar-refractivity contribution >= 4 is 5.97 Å². The van der Waals surface area contributed by atoms with Gasteiger partial charge in [0.05, 0.1) is 12.5 Å². The number of carbonyl (C=O) groups is 1. The molecule has 0 saturated heterocycles. The van der Waals surface area contributed by atoms with Gasteiger partial charge in [-0.25, -0.2) is 0 Å². The molecule has 0 aromatic carbocycles. The molecule has 0 heterocycles. The number of rotatable bonds is 10. The molecule has 0 bridgehead atoms. The van der Waals surface area contributed by atoms with Crippen molar-refractivity contribution < 1.29 is 9.53 Å². The fourth-order valence-corrected chi connectivity index (χ4v) is 1.76. The molecule has 0 spiro atoms. The molecule has 1 atom stereocenters. The first-order valence-electron chi connectivity index (χ1n) is 7.61. The van der Waals surface area contributed by atoms with Gasteiger partial charge in [-0.1, -0.05) is 66.7 Å². The van der Waals surface area contributed by atoms with E-state index in [-0.39, 0.29) is 11.9 Å². The van der Waals surface area contributed by atoms with Gasteiger partial charge in [0, 0.05) is 0 Å². The Kier molecular flexibility index (Phi) is 10.1. The highest BCUT2D eigenvalue weighted by Gasteiger charge is 2.17. The van der Waals surface area contributed by atoms with E-state index in [9.17, 15) is 4.79 Å². The zero-order valence-electron chi connectivity index (χ0n) is 13.0. The predicted molar refractivity (Wildman–Crippen MR) is 77.5 cm³/mol. The van der Waals surface area contributed by atoms with E-state index in [1.54, 1.807) is 0 Å². The molecule has 0 aliphatic carbocycles. The summed E-state index contributed by atoms with van der Waals surface area (Å²) < 4.78 is 5.27. The van der Waals surface area contributed by atoms with E-state index < -0.39 is 0 Å². The van der Waals surface area contributed by atoms with E-state index in [2.05, 4.69) is 27.7 Å². The summed E-state index contributed by atoms with van der Waals surface area (Å²) in [6.07, 6.45) is 7.45. The van der Waals surface area contributed by atoms with Crippen LogP contribution in [0.3, 0.4) is 0 Å². The quantitative estimate of drug-likeness (QED) is 0.414. The SMILES string of the molecule is CC(C)CCCCCCCOC(=O)C(C)C(C)C. The third-order valence-electron chi connectivity index (χ3n) is 3.54. The molecule has 0 saturated carbocycles. The molecule has 0 aliphatic rings. The van der Waals surface area contributed by atoms with Crippen molar-refractivity contribution in [3.8, 4) is 0 Å². The van der Waals surface area contributed by atoms with Crippen molar-refractivity contribution in [2.24, 2.45) is 17.8 Å². The molecule has 0 aromatic rings. The predicted octanol–water partition coefficient (Wildman–Crippen LogP) is 4.82. The molecule has 108 valence electrons. The smallest absolute Gasteiger partial charge is 0.308 e. The van der Waals surface area contributed by atoms with Gasteiger partial charge in [0.15, 0.2) is 0 Å². The molecule has 0 fully saturated rings. The summed E-state index contributed by atoms with van der Waals surface area (Å²) >= 11 is 0. The number of carbonyl (C=O) groups excluding carboxylic acids is 1. The third-order valence-corrected chi connectivity index (χ3v) is 3.54. The zero-order chi connectivity index (χ0) is 14.0. The molecule has 0 N–H and O–H groups in total. The Morgan fingerprint density at radius 3 is 2.00 bits per heavy atom. The molecular weight excluding hydrogens is 224 g/mol. The molecule has 0 amide bonds. The van der Waals surface area contributed by atoms with Gasteiger partial charge in [-0.15, -0.1) is 0 Å². The summed E-state index contributed by atoms with van der Waals surface area (Å²) in [4.78, 5) is 11.6. The van der Waals surface area contributed by atoms with E-state index in [0.717, 1.165) is 12.3 Å². The molecule has 0 rings (SSSR count). The Morgan fingerprint density at radius 2 is 1.44 bits per heavy atom. The number of ether oxygens (including phenoxy) is 1. The molecule has 1 unspecified atom stereocenters. The van der Waals surface area contributed by atoms with Gasteiger partial charge in [-0.3, -0.25) is 4.79 Å². The van der Waals surface area contributed by atoms with Crippen LogP contribution in [0.1, 0.15) is 73.1 Å². The maximum Gasteiger partial charge on any atom is 0.308 e. The highest BCUT2D eigenvalue weighted by atomic mass is 16.5. The Balaban J connectivity index is 3.33. The van der Waals surface area contributed by atoms with Crippen LogP contribution in [0, 0.1) is 17.8 Å². The summed E-state index contributed by atoms with van der Waals surface area (Å²) in [7, 11) is 0. The lowest BCUT2D eigenvalue weighted by Gasteiger charge is -2.14. The van der Waals surface area contributed by atoms with Gasteiger partial charge in [-0.2, -0.15) is 0 Å². The van der Waals surface area contributed by atoms with Gasteiger partial charge < -0.3 is 4.74 Å². The zero-order valence-corrected chi connectivity index (χ0v) is 13.0. The minimum Gasteiger partial charge on any atom is -0.465 e. The number of hydrogen-bond acceptors (Lipinski definition) is 2. The summed E-state index contributed by atoms with van der Waals surface area (Å²) in [5.74, 6) is 1.18. The first-order valence-corrected chi connectivity index (χ1v) is 7.61. The second kappa shape index (κ2) is 10.4. The van der Waals surface area contributed by atoms with E-state index in [1.807, 2.05) is 6.92 Å². The minimum absolute atomic E-state index is 0.0241. The fraction of sp³-hybridized carbons (Fsp3) is 0.938. The molecule has 2 nitrogen and oxygen atoms in total. The van der Waals surface area contributed by atoms with Crippen LogP contribution in [0.4, 0.5) is 0 Å². The van der Waals surface area contributed by atoms with Crippen molar-refractivity contribution in [3.63, 3.8) is 0 Å². The average molecular weight is 256 g/mol. The van der Waals surface area contributed by atoms with E-state index in [4.69, 9.17) is 4.74 Å². The Morgan fingerprint density at radius 1 is 0.889 bits per heavy atom. The van der Waals surface area contributed by atoms with Crippen molar-refractivity contribution in [1.82, 2.24) is 0 Å². The van der Waals surface area contributed by atoms with Gasteiger partial charge in [0.1, 0.15) is 0 Å². The number of hydrogen-bond donors (Lipinski definition) is 0. The lowest BCUT2D eigenvalue weighted by molar-refractivity contribution is -0.149. The van der Waals surface area contributed by atoms with Crippen molar-refractivity contribution in [1.29, 1.82) is 0 Å².